The van der Waals surface area contributed by atoms with Gasteiger partial charge in [-0.1, -0.05) is 5.21 Å². The van der Waals surface area contributed by atoms with Crippen molar-refractivity contribution in [1.82, 2.24) is 24.9 Å². The monoisotopic (exact) mass is 328 g/mol. The van der Waals surface area contributed by atoms with E-state index in [0.29, 0.717) is 25.3 Å². The van der Waals surface area contributed by atoms with Crippen LogP contribution in [0.15, 0.2) is 24.5 Å². The highest BCUT2D eigenvalue weighted by Gasteiger charge is 2.38. The highest BCUT2D eigenvalue weighted by molar-refractivity contribution is 5.94. The largest absolute Gasteiger partial charge is 0.370 e. The number of ether oxygens (including phenoxy) is 1. The van der Waals surface area contributed by atoms with Gasteiger partial charge in [-0.25, -0.2) is 9.67 Å². The van der Waals surface area contributed by atoms with Crippen molar-refractivity contribution in [2.24, 2.45) is 0 Å². The number of anilines is 1. The lowest BCUT2D eigenvalue weighted by Gasteiger charge is -2.41. The standard InChI is InChI=1S/C16H20N6O2/c1-20(2)15-4-3-11(7-17-15)16(23)21-6-5-14-13(9-21)22-12(10-24-14)8-18-19-22/h3-4,7-8,13-14H,5-6,9-10H2,1-2H3/t13-,14+/m1/s1. The molecule has 4 heterocycles. The van der Waals surface area contributed by atoms with Crippen LogP contribution in [0.1, 0.15) is 28.5 Å². The molecule has 4 rings (SSSR count). The number of carbonyl (C=O) groups is 1. The van der Waals surface area contributed by atoms with Gasteiger partial charge in [-0.15, -0.1) is 5.10 Å². The molecule has 2 aromatic rings. The summed E-state index contributed by atoms with van der Waals surface area (Å²) < 4.78 is 7.79. The third-order valence-electron chi connectivity index (χ3n) is 4.67. The molecule has 0 aromatic carbocycles. The first-order valence-corrected chi connectivity index (χ1v) is 8.07. The first kappa shape index (κ1) is 15.1. The molecule has 2 aliphatic rings. The summed E-state index contributed by atoms with van der Waals surface area (Å²) in [4.78, 5) is 20.9. The number of aromatic nitrogens is 4. The second kappa shape index (κ2) is 5.86. The van der Waals surface area contributed by atoms with E-state index in [-0.39, 0.29) is 18.1 Å². The molecule has 1 saturated heterocycles. The maximum Gasteiger partial charge on any atom is 0.255 e. The zero-order valence-corrected chi connectivity index (χ0v) is 13.8. The maximum absolute atomic E-state index is 12.8. The van der Waals surface area contributed by atoms with E-state index in [9.17, 15) is 4.79 Å². The molecule has 2 atom stereocenters. The summed E-state index contributed by atoms with van der Waals surface area (Å²) >= 11 is 0. The van der Waals surface area contributed by atoms with Crippen molar-refractivity contribution >= 4 is 11.7 Å². The van der Waals surface area contributed by atoms with E-state index >= 15 is 0 Å². The average Bonchev–Trinajstić information content (AvgIpc) is 3.10. The van der Waals surface area contributed by atoms with Crippen molar-refractivity contribution in [2.75, 3.05) is 32.1 Å². The van der Waals surface area contributed by atoms with Crippen LogP contribution in [0.25, 0.3) is 0 Å². The van der Waals surface area contributed by atoms with E-state index in [0.717, 1.165) is 17.9 Å². The number of hydrogen-bond donors (Lipinski definition) is 0. The van der Waals surface area contributed by atoms with Gasteiger partial charge in [0.25, 0.3) is 5.91 Å². The molecule has 8 heteroatoms. The van der Waals surface area contributed by atoms with Gasteiger partial charge in [0.1, 0.15) is 5.82 Å². The Morgan fingerprint density at radius 3 is 2.96 bits per heavy atom. The minimum atomic E-state index is -0.00139. The fourth-order valence-electron chi connectivity index (χ4n) is 3.32. The molecule has 0 N–H and O–H groups in total. The summed E-state index contributed by atoms with van der Waals surface area (Å²) in [5.74, 6) is 0.830. The lowest BCUT2D eigenvalue weighted by atomic mass is 10.00. The molecule has 1 amide bonds. The molecular formula is C16H20N6O2. The Labute approximate surface area is 140 Å². The fourth-order valence-corrected chi connectivity index (χ4v) is 3.32. The molecule has 0 bridgehead atoms. The Kier molecular flexibility index (Phi) is 3.68. The number of carbonyl (C=O) groups excluding carboxylic acids is 1. The minimum Gasteiger partial charge on any atom is -0.370 e. The van der Waals surface area contributed by atoms with Gasteiger partial charge in [0.15, 0.2) is 0 Å². The van der Waals surface area contributed by atoms with Crippen molar-refractivity contribution in [1.29, 1.82) is 0 Å². The van der Waals surface area contributed by atoms with Crippen molar-refractivity contribution in [3.63, 3.8) is 0 Å². The highest BCUT2D eigenvalue weighted by atomic mass is 16.5. The van der Waals surface area contributed by atoms with E-state index in [1.54, 1.807) is 12.4 Å². The van der Waals surface area contributed by atoms with Crippen LogP contribution in [0.4, 0.5) is 5.82 Å². The third kappa shape index (κ3) is 2.52. The normalized spacial score (nSPS) is 22.7. The van der Waals surface area contributed by atoms with Crippen molar-refractivity contribution in [2.45, 2.75) is 25.2 Å². The second-order valence-electron chi connectivity index (χ2n) is 6.43. The summed E-state index contributed by atoms with van der Waals surface area (Å²) in [7, 11) is 3.85. The van der Waals surface area contributed by atoms with Crippen molar-refractivity contribution < 1.29 is 9.53 Å². The number of piperidine rings is 1. The van der Waals surface area contributed by atoms with E-state index in [4.69, 9.17) is 4.74 Å². The topological polar surface area (TPSA) is 76.4 Å². The van der Waals surface area contributed by atoms with Crippen LogP contribution in [-0.2, 0) is 11.3 Å². The van der Waals surface area contributed by atoms with E-state index < -0.39 is 0 Å². The van der Waals surface area contributed by atoms with Crippen LogP contribution in [0, 0.1) is 0 Å². The predicted molar refractivity (Wildman–Crippen MR) is 86.7 cm³/mol. The van der Waals surface area contributed by atoms with E-state index in [1.807, 2.05) is 40.7 Å². The van der Waals surface area contributed by atoms with Crippen LogP contribution in [-0.4, -0.2) is 64.1 Å². The average molecular weight is 328 g/mol. The molecular weight excluding hydrogens is 308 g/mol. The Morgan fingerprint density at radius 1 is 1.33 bits per heavy atom. The van der Waals surface area contributed by atoms with Gasteiger partial charge in [0, 0.05) is 33.4 Å². The summed E-state index contributed by atoms with van der Waals surface area (Å²) in [6.45, 7) is 1.80. The van der Waals surface area contributed by atoms with Crippen LogP contribution in [0.2, 0.25) is 0 Å². The van der Waals surface area contributed by atoms with E-state index in [1.165, 1.54) is 0 Å². The van der Waals surface area contributed by atoms with Crippen LogP contribution < -0.4 is 4.90 Å². The Bertz CT molecular complexity index is 741. The quantitative estimate of drug-likeness (QED) is 0.809. The number of nitrogens with zero attached hydrogens (tertiary/aromatic N) is 6. The number of likely N-dealkylation sites (tertiary alicyclic amines) is 1. The molecule has 0 radical (unpaired) electrons. The van der Waals surface area contributed by atoms with Gasteiger partial charge in [0.2, 0.25) is 0 Å². The SMILES string of the molecule is CN(C)c1ccc(C(=O)N2CC[C@@H]3OCc4cnnn4[C@@H]3C2)cn1. The number of pyridine rings is 1. The minimum absolute atomic E-state index is 0.00139. The summed E-state index contributed by atoms with van der Waals surface area (Å²) in [6, 6.07) is 3.72. The molecule has 0 aliphatic carbocycles. The van der Waals surface area contributed by atoms with Crippen LogP contribution in [0.3, 0.4) is 0 Å². The molecule has 2 aromatic heterocycles. The van der Waals surface area contributed by atoms with Gasteiger partial charge >= 0.3 is 0 Å². The highest BCUT2D eigenvalue weighted by Crippen LogP contribution is 2.30. The number of hydrogen-bond acceptors (Lipinski definition) is 6. The molecule has 1 fully saturated rings. The first-order chi connectivity index (χ1) is 11.6. The van der Waals surface area contributed by atoms with Gasteiger partial charge in [0.05, 0.1) is 36.2 Å². The number of amides is 1. The third-order valence-corrected chi connectivity index (χ3v) is 4.67. The van der Waals surface area contributed by atoms with Gasteiger partial charge in [-0.05, 0) is 18.6 Å². The molecule has 24 heavy (non-hydrogen) atoms. The van der Waals surface area contributed by atoms with E-state index in [2.05, 4.69) is 15.3 Å². The fraction of sp³-hybridized carbons (Fsp3) is 0.500. The Hall–Kier alpha value is -2.48. The lowest BCUT2D eigenvalue weighted by molar-refractivity contribution is -0.0605. The lowest BCUT2D eigenvalue weighted by Crippen LogP contribution is -2.49. The zero-order chi connectivity index (χ0) is 16.7. The maximum atomic E-state index is 12.8. The summed E-state index contributed by atoms with van der Waals surface area (Å²) in [6.07, 6.45) is 4.26. The van der Waals surface area contributed by atoms with Crippen LogP contribution >= 0.6 is 0 Å². The number of fused-ring (bicyclic) bond motifs is 3. The summed E-state index contributed by atoms with van der Waals surface area (Å²) in [5, 5.41) is 8.13. The molecule has 2 aliphatic heterocycles. The summed E-state index contributed by atoms with van der Waals surface area (Å²) in [5.41, 5.74) is 1.57. The van der Waals surface area contributed by atoms with Gasteiger partial charge < -0.3 is 14.5 Å². The Balaban J connectivity index is 1.52. The van der Waals surface area contributed by atoms with Gasteiger partial charge in [-0.3, -0.25) is 4.79 Å². The molecule has 8 nitrogen and oxygen atoms in total. The smallest absolute Gasteiger partial charge is 0.255 e. The molecule has 0 spiro atoms. The zero-order valence-electron chi connectivity index (χ0n) is 13.8. The van der Waals surface area contributed by atoms with Gasteiger partial charge in [-0.2, -0.15) is 0 Å². The van der Waals surface area contributed by atoms with Crippen LogP contribution in [0.5, 0.6) is 0 Å². The van der Waals surface area contributed by atoms with Crippen molar-refractivity contribution in [3.8, 4) is 0 Å². The molecule has 0 saturated carbocycles. The predicted octanol–water partition coefficient (Wildman–Crippen LogP) is 0.725. The van der Waals surface area contributed by atoms with Crippen molar-refractivity contribution in [3.05, 3.63) is 35.8 Å². The first-order valence-electron chi connectivity index (χ1n) is 8.07. The second-order valence-corrected chi connectivity index (χ2v) is 6.43. The molecule has 0 unspecified atom stereocenters. The molecule has 126 valence electrons. The Morgan fingerprint density at radius 2 is 2.21 bits per heavy atom. The number of rotatable bonds is 2.